The van der Waals surface area contributed by atoms with Crippen LogP contribution in [0.25, 0.3) is 0 Å². The molecule has 3 rings (SSSR count). The first-order chi connectivity index (χ1) is 12.7. The fourth-order valence-corrected chi connectivity index (χ4v) is 7.16. The van der Waals surface area contributed by atoms with E-state index in [4.69, 9.17) is 21.4 Å². The molecule has 0 aliphatic carbocycles. The Bertz CT molecular complexity index is 917. The number of aliphatic carboxylic acids is 1. The van der Waals surface area contributed by atoms with E-state index in [-0.39, 0.29) is 29.6 Å². The van der Waals surface area contributed by atoms with E-state index in [0.717, 1.165) is 0 Å². The molecule has 2 aliphatic heterocycles. The molecule has 0 aromatic heterocycles. The molecule has 8 nitrogen and oxygen atoms in total. The number of amidine groups is 1. The number of carbonyl (C=O) groups is 2. The van der Waals surface area contributed by atoms with E-state index < -0.39 is 27.8 Å². The number of benzene rings is 1. The Labute approximate surface area is 165 Å². The Morgan fingerprint density at radius 3 is 2.78 bits per heavy atom. The molecule has 2 atom stereocenters. The third kappa shape index (κ3) is 4.39. The van der Waals surface area contributed by atoms with Gasteiger partial charge in [-0.05, 0) is 18.2 Å². The van der Waals surface area contributed by atoms with Gasteiger partial charge in [-0.3, -0.25) is 9.59 Å². The molecule has 146 valence electrons. The van der Waals surface area contributed by atoms with Crippen molar-refractivity contribution >= 4 is 55.9 Å². The van der Waals surface area contributed by atoms with E-state index in [1.165, 1.54) is 18.9 Å². The van der Waals surface area contributed by atoms with Crippen LogP contribution in [0, 0.1) is 0 Å². The summed E-state index contributed by atoms with van der Waals surface area (Å²) in [6.07, 6.45) is -0.546. The highest BCUT2D eigenvalue weighted by Crippen LogP contribution is 2.44. The molecule has 0 saturated carbocycles. The average Bonchev–Trinajstić information content (AvgIpc) is 3.03. The van der Waals surface area contributed by atoms with Gasteiger partial charge >= 0.3 is 5.97 Å². The van der Waals surface area contributed by atoms with Gasteiger partial charge in [0.1, 0.15) is 5.75 Å². The number of sulfone groups is 1. The minimum atomic E-state index is -3.20. The number of rotatable bonds is 5. The molecule has 2 unspecified atom stereocenters. The molecular weight excluding hydrogens is 416 g/mol. The maximum Gasteiger partial charge on any atom is 0.303 e. The minimum Gasteiger partial charge on any atom is -0.495 e. The molecule has 0 bridgehead atoms. The topological polar surface area (TPSA) is 113 Å². The van der Waals surface area contributed by atoms with E-state index in [1.54, 1.807) is 23.1 Å². The Kier molecular flexibility index (Phi) is 5.68. The molecule has 2 fully saturated rings. The van der Waals surface area contributed by atoms with Gasteiger partial charge < -0.3 is 14.7 Å². The second-order valence-electron chi connectivity index (χ2n) is 6.17. The zero-order valence-corrected chi connectivity index (χ0v) is 16.7. The summed E-state index contributed by atoms with van der Waals surface area (Å²) >= 11 is 7.31. The molecular formula is C16H17ClN2O6S2. The maximum absolute atomic E-state index is 12.1. The Hall–Kier alpha value is -1.78. The third-order valence-corrected chi connectivity index (χ3v) is 7.68. The van der Waals surface area contributed by atoms with Gasteiger partial charge in [-0.25, -0.2) is 8.42 Å². The number of halogens is 1. The normalized spacial score (nSPS) is 24.8. The average molecular weight is 433 g/mol. The first-order valence-electron chi connectivity index (χ1n) is 8.03. The summed E-state index contributed by atoms with van der Waals surface area (Å²) in [6, 6.07) is 4.53. The van der Waals surface area contributed by atoms with Crippen molar-refractivity contribution in [2.24, 2.45) is 4.99 Å². The van der Waals surface area contributed by atoms with Crippen LogP contribution in [0.1, 0.15) is 12.8 Å². The van der Waals surface area contributed by atoms with Crippen LogP contribution in [0.4, 0.5) is 5.69 Å². The number of carboxylic acid groups (broad SMARTS) is 1. The standard InChI is InChI=1S/C16H17ClN2O6S2/c1-25-12-3-2-9(17)6-10(12)19-11-7-27(23,24)8-13(11)26-16(19)18-14(20)4-5-15(21)22/h2-3,6,11,13H,4-5,7-8H2,1H3,(H,21,22). The highest BCUT2D eigenvalue weighted by molar-refractivity contribution is 8.16. The monoisotopic (exact) mass is 432 g/mol. The van der Waals surface area contributed by atoms with Gasteiger partial charge in [0.25, 0.3) is 0 Å². The van der Waals surface area contributed by atoms with Crippen LogP contribution in [-0.4, -0.2) is 60.5 Å². The van der Waals surface area contributed by atoms with Crippen LogP contribution < -0.4 is 9.64 Å². The number of thioether (sulfide) groups is 1. The molecule has 1 amide bonds. The largest absolute Gasteiger partial charge is 0.495 e. The number of amides is 1. The van der Waals surface area contributed by atoms with Gasteiger partial charge in [-0.2, -0.15) is 4.99 Å². The van der Waals surface area contributed by atoms with Crippen LogP contribution in [0.5, 0.6) is 5.75 Å². The summed E-state index contributed by atoms with van der Waals surface area (Å²) in [4.78, 5) is 28.5. The fraction of sp³-hybridized carbons (Fsp3) is 0.438. The predicted molar refractivity (Wildman–Crippen MR) is 104 cm³/mol. The molecule has 27 heavy (non-hydrogen) atoms. The number of hydrogen-bond donors (Lipinski definition) is 1. The van der Waals surface area contributed by atoms with Crippen molar-refractivity contribution in [2.75, 3.05) is 23.5 Å². The second kappa shape index (κ2) is 7.69. The lowest BCUT2D eigenvalue weighted by Gasteiger charge is -2.26. The zero-order valence-electron chi connectivity index (χ0n) is 14.3. The summed E-state index contributed by atoms with van der Waals surface area (Å²) in [5.74, 6) is -1.27. The summed E-state index contributed by atoms with van der Waals surface area (Å²) in [7, 11) is -1.72. The fourth-order valence-electron chi connectivity index (χ4n) is 3.07. The molecule has 1 N–H and O–H groups in total. The molecule has 2 heterocycles. The van der Waals surface area contributed by atoms with Crippen LogP contribution in [0.15, 0.2) is 23.2 Å². The first kappa shape index (κ1) is 20.0. The second-order valence-corrected chi connectivity index (χ2v) is 9.97. The van der Waals surface area contributed by atoms with Crippen molar-refractivity contribution in [1.82, 2.24) is 0 Å². The van der Waals surface area contributed by atoms with Gasteiger partial charge in [-0.1, -0.05) is 23.4 Å². The molecule has 1 aromatic rings. The number of hydrogen-bond acceptors (Lipinski definition) is 6. The molecule has 11 heteroatoms. The van der Waals surface area contributed by atoms with Crippen molar-refractivity contribution in [2.45, 2.75) is 24.1 Å². The number of anilines is 1. The summed E-state index contributed by atoms with van der Waals surface area (Å²) in [5.41, 5.74) is 0.520. The SMILES string of the molecule is COc1ccc(Cl)cc1N1C(=NC(=O)CCC(=O)O)SC2CS(=O)(=O)CC21. The third-order valence-electron chi connectivity index (χ3n) is 4.24. The number of ether oxygens (including phenoxy) is 1. The molecule has 1 aromatic carbocycles. The Morgan fingerprint density at radius 2 is 2.11 bits per heavy atom. The maximum atomic E-state index is 12.1. The van der Waals surface area contributed by atoms with Crippen LogP contribution in [0.2, 0.25) is 5.02 Å². The lowest BCUT2D eigenvalue weighted by molar-refractivity contribution is -0.138. The zero-order chi connectivity index (χ0) is 19.8. The molecule has 2 saturated heterocycles. The predicted octanol–water partition coefficient (Wildman–Crippen LogP) is 1.81. The summed E-state index contributed by atoms with van der Waals surface area (Å²) < 4.78 is 29.5. The van der Waals surface area contributed by atoms with E-state index in [2.05, 4.69) is 4.99 Å². The van der Waals surface area contributed by atoms with Crippen molar-refractivity contribution in [1.29, 1.82) is 0 Å². The highest BCUT2D eigenvalue weighted by atomic mass is 35.5. The van der Waals surface area contributed by atoms with Crippen molar-refractivity contribution in [3.63, 3.8) is 0 Å². The van der Waals surface area contributed by atoms with Gasteiger partial charge in [0, 0.05) is 16.7 Å². The number of aliphatic imine (C=N–C) groups is 1. The quantitative estimate of drug-likeness (QED) is 0.749. The van der Waals surface area contributed by atoms with Crippen molar-refractivity contribution in [3.8, 4) is 5.75 Å². The number of nitrogens with zero attached hydrogens (tertiary/aromatic N) is 2. The lowest BCUT2D eigenvalue weighted by atomic mass is 10.2. The van der Waals surface area contributed by atoms with Crippen LogP contribution >= 0.6 is 23.4 Å². The van der Waals surface area contributed by atoms with Crippen LogP contribution in [-0.2, 0) is 19.4 Å². The van der Waals surface area contributed by atoms with Gasteiger partial charge in [0.05, 0.1) is 36.8 Å². The number of fused-ring (bicyclic) bond motifs is 1. The van der Waals surface area contributed by atoms with E-state index in [1.807, 2.05) is 0 Å². The molecule has 0 radical (unpaired) electrons. The summed E-state index contributed by atoms with van der Waals surface area (Å²) in [6.45, 7) is 0. The number of carbonyl (C=O) groups excluding carboxylic acids is 1. The number of methoxy groups -OCH3 is 1. The van der Waals surface area contributed by atoms with Gasteiger partial charge in [-0.15, -0.1) is 0 Å². The molecule has 0 spiro atoms. The van der Waals surface area contributed by atoms with Crippen molar-refractivity contribution in [3.05, 3.63) is 23.2 Å². The van der Waals surface area contributed by atoms with Crippen LogP contribution in [0.3, 0.4) is 0 Å². The van der Waals surface area contributed by atoms with Crippen molar-refractivity contribution < 1.29 is 27.9 Å². The first-order valence-corrected chi connectivity index (χ1v) is 11.1. The smallest absolute Gasteiger partial charge is 0.303 e. The van der Waals surface area contributed by atoms with Gasteiger partial charge in [0.2, 0.25) is 5.91 Å². The highest BCUT2D eigenvalue weighted by Gasteiger charge is 2.50. The van der Waals surface area contributed by atoms with E-state index in [0.29, 0.717) is 21.6 Å². The van der Waals surface area contributed by atoms with E-state index in [9.17, 15) is 18.0 Å². The Balaban J connectivity index is 2.00. The molecule has 2 aliphatic rings. The number of carboxylic acids is 1. The minimum absolute atomic E-state index is 0.00987. The Morgan fingerprint density at radius 1 is 1.37 bits per heavy atom. The summed E-state index contributed by atoms with van der Waals surface area (Å²) in [5, 5.41) is 9.21. The van der Waals surface area contributed by atoms with Gasteiger partial charge in [0.15, 0.2) is 15.0 Å². The van der Waals surface area contributed by atoms with E-state index >= 15 is 0 Å². The lowest BCUT2D eigenvalue weighted by Crippen LogP contribution is -2.38.